The van der Waals surface area contributed by atoms with Gasteiger partial charge in [0.2, 0.25) is 5.91 Å². The number of hydrogen-bond donors (Lipinski definition) is 3. The molecule has 3 heterocycles. The van der Waals surface area contributed by atoms with Crippen LogP contribution >= 0.6 is 11.8 Å². The van der Waals surface area contributed by atoms with Gasteiger partial charge in [0.15, 0.2) is 5.37 Å². The number of furan rings is 1. The van der Waals surface area contributed by atoms with Gasteiger partial charge >= 0.3 is 24.0 Å². The van der Waals surface area contributed by atoms with E-state index in [1.54, 1.807) is 26.8 Å². The van der Waals surface area contributed by atoms with Gasteiger partial charge in [-0.2, -0.15) is 0 Å². The summed E-state index contributed by atoms with van der Waals surface area (Å²) in [6.45, 7) is 4.96. The number of hydrogen-bond acceptors (Lipinski definition) is 11. The number of alkyl carbamates (subject to hydrolysis) is 1. The fraction of sp³-hybridized carbons (Fsp3) is 0.478. The number of esters is 2. The quantitative estimate of drug-likeness (QED) is 0.166. The van der Waals surface area contributed by atoms with Crippen molar-refractivity contribution in [2.45, 2.75) is 50.8 Å². The number of carboxylic acid groups (broad SMARTS) is 1. The topological polar surface area (TPSA) is 191 Å². The molecule has 38 heavy (non-hydrogen) atoms. The Balaban J connectivity index is 1.84. The SMILES string of the molecule is CC(=O)OCC1=C(C(=O)O)N2C(=O)[C@](NC(=O)Cc3ccco3)(OC(=O)CNC(=O)OC(C)(C)C)[C@H]2SC1. The van der Waals surface area contributed by atoms with Crippen LogP contribution in [-0.4, -0.2) is 81.4 Å². The third kappa shape index (κ3) is 6.45. The molecule has 0 aliphatic carbocycles. The molecular formula is C23H27N3O11S. The van der Waals surface area contributed by atoms with Crippen molar-refractivity contribution in [3.63, 3.8) is 0 Å². The molecule has 0 spiro atoms. The Hall–Kier alpha value is -4.01. The van der Waals surface area contributed by atoms with Gasteiger partial charge in [0.1, 0.15) is 30.2 Å². The van der Waals surface area contributed by atoms with Crippen molar-refractivity contribution in [3.8, 4) is 0 Å². The van der Waals surface area contributed by atoms with Crippen LogP contribution in [-0.2, 0) is 44.6 Å². The van der Waals surface area contributed by atoms with Crippen molar-refractivity contribution in [2.24, 2.45) is 0 Å². The van der Waals surface area contributed by atoms with Crippen LogP contribution in [0.15, 0.2) is 34.1 Å². The summed E-state index contributed by atoms with van der Waals surface area (Å²) < 4.78 is 20.5. The van der Waals surface area contributed by atoms with E-state index in [-0.39, 0.29) is 30.1 Å². The molecule has 1 saturated heterocycles. The standard InChI is InChI=1S/C23H27N3O11S/c1-12(27)35-10-13-11-38-20-23(19(32)26(20)17(13)18(30)31,25-15(28)8-14-6-5-7-34-14)36-16(29)9-24-21(33)37-22(2,3)4/h5-7,20H,8-11H2,1-4H3,(H,24,33)(H,25,28)(H,30,31)/t20-,23+/m1/s1. The first-order valence-corrected chi connectivity index (χ1v) is 12.3. The molecule has 0 bridgehead atoms. The molecule has 2 atom stereocenters. The average molecular weight is 554 g/mol. The molecule has 2 aliphatic rings. The number of nitrogens with zero attached hydrogens (tertiary/aromatic N) is 1. The molecule has 1 aromatic heterocycles. The van der Waals surface area contributed by atoms with E-state index in [9.17, 15) is 33.9 Å². The molecular weight excluding hydrogens is 526 g/mol. The first-order chi connectivity index (χ1) is 17.7. The first kappa shape index (κ1) is 28.6. The predicted octanol–water partition coefficient (Wildman–Crippen LogP) is 0.519. The number of carbonyl (C=O) groups is 6. The molecule has 3 N–H and O–H groups in total. The van der Waals surface area contributed by atoms with Crippen LogP contribution in [0.25, 0.3) is 0 Å². The maximum absolute atomic E-state index is 13.4. The molecule has 15 heteroatoms. The van der Waals surface area contributed by atoms with Gasteiger partial charge in [0, 0.05) is 18.2 Å². The lowest BCUT2D eigenvalue weighted by atomic mass is 9.97. The molecule has 1 fully saturated rings. The molecule has 3 rings (SSSR count). The van der Waals surface area contributed by atoms with Crippen LogP contribution in [0.3, 0.4) is 0 Å². The minimum Gasteiger partial charge on any atom is -0.477 e. The molecule has 206 valence electrons. The average Bonchev–Trinajstić information content (AvgIpc) is 3.31. The number of aliphatic carboxylic acids is 1. The van der Waals surface area contributed by atoms with Crippen LogP contribution in [0.2, 0.25) is 0 Å². The van der Waals surface area contributed by atoms with Crippen molar-refractivity contribution in [1.29, 1.82) is 0 Å². The second-order valence-electron chi connectivity index (χ2n) is 9.25. The highest BCUT2D eigenvalue weighted by atomic mass is 32.2. The van der Waals surface area contributed by atoms with Gasteiger partial charge in [-0.1, -0.05) is 0 Å². The molecule has 14 nitrogen and oxygen atoms in total. The Morgan fingerprint density at radius 2 is 1.97 bits per heavy atom. The highest BCUT2D eigenvalue weighted by Crippen LogP contribution is 2.47. The molecule has 3 amide bonds. The normalized spacial score (nSPS) is 20.6. The van der Waals surface area contributed by atoms with Gasteiger partial charge in [-0.3, -0.25) is 24.1 Å². The molecule has 1 aromatic rings. The molecule has 0 aromatic carbocycles. The van der Waals surface area contributed by atoms with Gasteiger partial charge in [-0.25, -0.2) is 9.59 Å². The van der Waals surface area contributed by atoms with E-state index in [1.807, 2.05) is 0 Å². The van der Waals surface area contributed by atoms with Gasteiger partial charge in [-0.05, 0) is 32.9 Å². The number of carbonyl (C=O) groups excluding carboxylic acids is 5. The third-order valence-corrected chi connectivity index (χ3v) is 6.43. The first-order valence-electron chi connectivity index (χ1n) is 11.3. The van der Waals surface area contributed by atoms with E-state index in [1.165, 1.54) is 12.3 Å². The van der Waals surface area contributed by atoms with E-state index in [2.05, 4.69) is 10.6 Å². The Morgan fingerprint density at radius 3 is 2.55 bits per heavy atom. The van der Waals surface area contributed by atoms with Crippen LogP contribution < -0.4 is 10.6 Å². The summed E-state index contributed by atoms with van der Waals surface area (Å²) in [6.07, 6.45) is 0.139. The lowest BCUT2D eigenvalue weighted by Crippen LogP contribution is -2.81. The van der Waals surface area contributed by atoms with Crippen LogP contribution in [0.4, 0.5) is 4.79 Å². The van der Waals surface area contributed by atoms with E-state index in [0.29, 0.717) is 0 Å². The summed E-state index contributed by atoms with van der Waals surface area (Å²) in [7, 11) is 0. The van der Waals surface area contributed by atoms with Crippen LogP contribution in [0, 0.1) is 0 Å². The number of thioether (sulfide) groups is 1. The van der Waals surface area contributed by atoms with E-state index < -0.39 is 64.8 Å². The fourth-order valence-corrected chi connectivity index (χ4v) is 4.99. The number of β-lactam (4-membered cyclic amide) rings is 1. The van der Waals surface area contributed by atoms with Gasteiger partial charge in [0.05, 0.1) is 12.7 Å². The summed E-state index contributed by atoms with van der Waals surface area (Å²) >= 11 is 0.994. The molecule has 2 aliphatic heterocycles. The second kappa shape index (κ2) is 11.2. The Morgan fingerprint density at radius 1 is 1.26 bits per heavy atom. The summed E-state index contributed by atoms with van der Waals surface area (Å²) in [5.74, 6) is -4.72. The smallest absolute Gasteiger partial charge is 0.408 e. The minimum atomic E-state index is -2.27. The lowest BCUT2D eigenvalue weighted by molar-refractivity contribution is -0.202. The van der Waals surface area contributed by atoms with Gasteiger partial charge in [0.25, 0.3) is 11.6 Å². The monoisotopic (exact) mass is 553 g/mol. The van der Waals surface area contributed by atoms with Crippen molar-refractivity contribution in [3.05, 3.63) is 35.4 Å². The van der Waals surface area contributed by atoms with E-state index in [4.69, 9.17) is 18.6 Å². The molecule has 0 unspecified atom stereocenters. The van der Waals surface area contributed by atoms with Crippen molar-refractivity contribution in [1.82, 2.24) is 15.5 Å². The highest BCUT2D eigenvalue weighted by molar-refractivity contribution is 8.00. The molecule has 0 saturated carbocycles. The number of carboxylic acids is 1. The summed E-state index contributed by atoms with van der Waals surface area (Å²) in [5.41, 5.74) is -3.40. The largest absolute Gasteiger partial charge is 0.477 e. The third-order valence-electron chi connectivity index (χ3n) is 5.05. The summed E-state index contributed by atoms with van der Waals surface area (Å²) in [6, 6.07) is 3.09. The fourth-order valence-electron chi connectivity index (χ4n) is 3.62. The van der Waals surface area contributed by atoms with Crippen LogP contribution in [0.1, 0.15) is 33.5 Å². The Labute approximate surface area is 221 Å². The van der Waals surface area contributed by atoms with Crippen LogP contribution in [0.5, 0.6) is 0 Å². The lowest BCUT2D eigenvalue weighted by Gasteiger charge is -2.55. The Kier molecular flexibility index (Phi) is 8.39. The van der Waals surface area contributed by atoms with E-state index in [0.717, 1.165) is 23.6 Å². The summed E-state index contributed by atoms with van der Waals surface area (Å²) in [5, 5.41) is 13.2. The number of fused-ring (bicyclic) bond motifs is 1. The van der Waals surface area contributed by atoms with E-state index >= 15 is 0 Å². The van der Waals surface area contributed by atoms with Crippen molar-refractivity contribution in [2.75, 3.05) is 18.9 Å². The number of nitrogens with one attached hydrogen (secondary N) is 2. The Bertz CT molecular complexity index is 1170. The summed E-state index contributed by atoms with van der Waals surface area (Å²) in [4.78, 5) is 74.9. The van der Waals surface area contributed by atoms with Crippen molar-refractivity contribution < 1.29 is 52.5 Å². The van der Waals surface area contributed by atoms with Crippen molar-refractivity contribution >= 4 is 47.6 Å². The molecule has 0 radical (unpaired) electrons. The maximum Gasteiger partial charge on any atom is 0.408 e. The highest BCUT2D eigenvalue weighted by Gasteiger charge is 2.69. The number of rotatable bonds is 9. The maximum atomic E-state index is 13.4. The minimum absolute atomic E-state index is 0.00707. The zero-order valence-corrected chi connectivity index (χ0v) is 21.8. The van der Waals surface area contributed by atoms with Gasteiger partial charge < -0.3 is 34.4 Å². The number of amides is 3. The predicted molar refractivity (Wildman–Crippen MR) is 128 cm³/mol. The number of ether oxygens (including phenoxy) is 3. The van der Waals surface area contributed by atoms with Gasteiger partial charge in [-0.15, -0.1) is 11.8 Å². The zero-order valence-electron chi connectivity index (χ0n) is 21.0. The second-order valence-corrected chi connectivity index (χ2v) is 10.3. The zero-order chi connectivity index (χ0) is 28.3.